The quantitative estimate of drug-likeness (QED) is 0.670. The van der Waals surface area contributed by atoms with Crippen molar-refractivity contribution in [2.75, 3.05) is 0 Å². The number of hydrogen-bond donors (Lipinski definition) is 0. The summed E-state index contributed by atoms with van der Waals surface area (Å²) in [7, 11) is 0. The van der Waals surface area contributed by atoms with E-state index in [0.29, 0.717) is 5.69 Å². The summed E-state index contributed by atoms with van der Waals surface area (Å²) in [5.74, 6) is 5.82. The fraction of sp³-hybridized carbons (Fsp3) is 0. The van der Waals surface area contributed by atoms with E-state index in [0.717, 1.165) is 5.56 Å². The zero-order valence-corrected chi connectivity index (χ0v) is 9.63. The molecule has 0 radical (unpaired) electrons. The highest BCUT2D eigenvalue weighted by molar-refractivity contribution is 6.40. The van der Waals surface area contributed by atoms with Crippen LogP contribution in [0.15, 0.2) is 36.5 Å². The Balaban J connectivity index is 2.28. The molecule has 0 unspecified atom stereocenters. The molecule has 0 spiro atoms. The molecule has 0 aliphatic rings. The van der Waals surface area contributed by atoms with Gasteiger partial charge in [-0.2, -0.15) is 0 Å². The molecule has 2 nitrogen and oxygen atoms in total. The lowest BCUT2D eigenvalue weighted by Crippen LogP contribution is -1.87. The van der Waals surface area contributed by atoms with Crippen molar-refractivity contribution in [2.45, 2.75) is 0 Å². The fourth-order valence-corrected chi connectivity index (χ4v) is 1.30. The van der Waals surface area contributed by atoms with Crippen molar-refractivity contribution in [3.8, 4) is 11.8 Å². The summed E-state index contributed by atoms with van der Waals surface area (Å²) in [6, 6.07) is 9.61. The van der Waals surface area contributed by atoms with Gasteiger partial charge in [-0.15, -0.1) is 0 Å². The van der Waals surface area contributed by atoms with E-state index in [1.165, 1.54) is 6.20 Å². The Hall–Kier alpha value is -1.56. The predicted molar refractivity (Wildman–Crippen MR) is 64.5 cm³/mol. The van der Waals surface area contributed by atoms with Crippen LogP contribution < -0.4 is 0 Å². The molecule has 0 saturated carbocycles. The molecular formula is C12H6Cl2N2. The zero-order valence-electron chi connectivity index (χ0n) is 8.11. The van der Waals surface area contributed by atoms with Crippen LogP contribution in [0.3, 0.4) is 0 Å². The molecule has 0 fully saturated rings. The number of hydrogen-bond acceptors (Lipinski definition) is 2. The lowest BCUT2D eigenvalue weighted by atomic mass is 10.2. The molecule has 16 heavy (non-hydrogen) atoms. The Morgan fingerprint density at radius 3 is 2.38 bits per heavy atom. The normalized spacial score (nSPS) is 9.38. The van der Waals surface area contributed by atoms with Gasteiger partial charge in [0, 0.05) is 5.56 Å². The molecule has 1 aromatic carbocycles. The van der Waals surface area contributed by atoms with E-state index in [1.807, 2.05) is 30.3 Å². The molecule has 0 aliphatic carbocycles. The van der Waals surface area contributed by atoms with E-state index in [9.17, 15) is 0 Å². The van der Waals surface area contributed by atoms with Gasteiger partial charge in [-0.05, 0) is 18.1 Å². The van der Waals surface area contributed by atoms with Crippen molar-refractivity contribution in [2.24, 2.45) is 0 Å². The molecular weight excluding hydrogens is 243 g/mol. The van der Waals surface area contributed by atoms with Crippen molar-refractivity contribution >= 4 is 23.2 Å². The first-order chi connectivity index (χ1) is 7.75. The Bertz CT molecular complexity index is 556. The van der Waals surface area contributed by atoms with Crippen LogP contribution >= 0.6 is 23.2 Å². The molecule has 0 amide bonds. The maximum Gasteiger partial charge on any atom is 0.167 e. The van der Waals surface area contributed by atoms with Crippen LogP contribution in [0.25, 0.3) is 0 Å². The van der Waals surface area contributed by atoms with Crippen molar-refractivity contribution < 1.29 is 0 Å². The highest BCUT2D eigenvalue weighted by atomic mass is 35.5. The van der Waals surface area contributed by atoms with Gasteiger partial charge in [0.1, 0.15) is 5.69 Å². The maximum absolute atomic E-state index is 5.72. The van der Waals surface area contributed by atoms with E-state index >= 15 is 0 Å². The monoisotopic (exact) mass is 248 g/mol. The maximum atomic E-state index is 5.72. The third-order valence-electron chi connectivity index (χ3n) is 1.80. The van der Waals surface area contributed by atoms with Crippen LogP contribution in [-0.4, -0.2) is 9.97 Å². The molecule has 0 aliphatic heterocycles. The van der Waals surface area contributed by atoms with Crippen molar-refractivity contribution in [1.29, 1.82) is 0 Å². The van der Waals surface area contributed by atoms with E-state index in [4.69, 9.17) is 23.2 Å². The van der Waals surface area contributed by atoms with Gasteiger partial charge in [0.15, 0.2) is 10.3 Å². The first-order valence-electron chi connectivity index (χ1n) is 4.51. The van der Waals surface area contributed by atoms with Gasteiger partial charge in [-0.3, -0.25) is 0 Å². The molecule has 0 atom stereocenters. The molecule has 4 heteroatoms. The van der Waals surface area contributed by atoms with Crippen LogP contribution in [0, 0.1) is 11.8 Å². The second-order valence-electron chi connectivity index (χ2n) is 2.95. The van der Waals surface area contributed by atoms with Crippen molar-refractivity contribution in [1.82, 2.24) is 9.97 Å². The standard InChI is InChI=1S/C12H6Cl2N2/c13-11-12(14)16-10(8-15-11)7-6-9-4-2-1-3-5-9/h1-5,8H. The predicted octanol–water partition coefficient (Wildman–Crippen LogP) is 3.18. The van der Waals surface area contributed by atoms with Gasteiger partial charge in [-0.1, -0.05) is 47.3 Å². The van der Waals surface area contributed by atoms with E-state index in [-0.39, 0.29) is 10.3 Å². The lowest BCUT2D eigenvalue weighted by molar-refractivity contribution is 1.17. The van der Waals surface area contributed by atoms with Gasteiger partial charge in [0.05, 0.1) is 6.20 Å². The summed E-state index contributed by atoms with van der Waals surface area (Å²) in [4.78, 5) is 7.84. The Morgan fingerprint density at radius 2 is 1.69 bits per heavy atom. The molecule has 1 aromatic heterocycles. The van der Waals surface area contributed by atoms with Gasteiger partial charge < -0.3 is 0 Å². The molecule has 2 rings (SSSR count). The van der Waals surface area contributed by atoms with Crippen LogP contribution in [0.5, 0.6) is 0 Å². The molecule has 1 heterocycles. The number of halogens is 2. The summed E-state index contributed by atoms with van der Waals surface area (Å²) < 4.78 is 0. The minimum Gasteiger partial charge on any atom is -0.238 e. The average Bonchev–Trinajstić information content (AvgIpc) is 2.32. The minimum absolute atomic E-state index is 0.168. The number of benzene rings is 1. The first kappa shape index (κ1) is 10.9. The average molecular weight is 249 g/mol. The first-order valence-corrected chi connectivity index (χ1v) is 5.26. The summed E-state index contributed by atoms with van der Waals surface area (Å²) in [5, 5.41) is 0.355. The van der Waals surface area contributed by atoms with Crippen molar-refractivity contribution in [3.05, 3.63) is 58.1 Å². The summed E-state index contributed by atoms with van der Waals surface area (Å²) >= 11 is 11.4. The summed E-state index contributed by atoms with van der Waals surface area (Å²) in [5.41, 5.74) is 1.41. The van der Waals surface area contributed by atoms with Crippen LogP contribution in [-0.2, 0) is 0 Å². The SMILES string of the molecule is Clc1ncc(C#Cc2ccccc2)nc1Cl. The highest BCUT2D eigenvalue weighted by Gasteiger charge is 1.99. The third kappa shape index (κ3) is 2.73. The van der Waals surface area contributed by atoms with Crippen LogP contribution in [0.1, 0.15) is 11.3 Å². The Labute approximate surface area is 103 Å². The smallest absolute Gasteiger partial charge is 0.167 e. The molecule has 0 N–H and O–H groups in total. The number of aromatic nitrogens is 2. The minimum atomic E-state index is 0.168. The zero-order chi connectivity index (χ0) is 11.4. The molecule has 78 valence electrons. The van der Waals surface area contributed by atoms with E-state index in [1.54, 1.807) is 0 Å². The summed E-state index contributed by atoms with van der Waals surface area (Å²) in [6.45, 7) is 0. The van der Waals surface area contributed by atoms with Gasteiger partial charge in [0.25, 0.3) is 0 Å². The Kier molecular flexibility index (Phi) is 3.40. The Morgan fingerprint density at radius 1 is 0.938 bits per heavy atom. The van der Waals surface area contributed by atoms with Crippen LogP contribution in [0.2, 0.25) is 10.3 Å². The largest absolute Gasteiger partial charge is 0.238 e. The summed E-state index contributed by atoms with van der Waals surface area (Å²) in [6.07, 6.45) is 1.49. The number of nitrogens with zero attached hydrogens (tertiary/aromatic N) is 2. The topological polar surface area (TPSA) is 25.8 Å². The fourth-order valence-electron chi connectivity index (χ4n) is 1.07. The lowest BCUT2D eigenvalue weighted by Gasteiger charge is -1.93. The molecule has 0 saturated heterocycles. The third-order valence-corrected chi connectivity index (χ3v) is 2.43. The second kappa shape index (κ2) is 4.98. The van der Waals surface area contributed by atoms with Gasteiger partial charge in [-0.25, -0.2) is 9.97 Å². The molecule has 2 aromatic rings. The van der Waals surface area contributed by atoms with Crippen LogP contribution in [0.4, 0.5) is 0 Å². The van der Waals surface area contributed by atoms with Crippen molar-refractivity contribution in [3.63, 3.8) is 0 Å². The van der Waals surface area contributed by atoms with Gasteiger partial charge in [0.2, 0.25) is 0 Å². The van der Waals surface area contributed by atoms with Gasteiger partial charge >= 0.3 is 0 Å². The molecule has 0 bridgehead atoms. The number of rotatable bonds is 0. The van der Waals surface area contributed by atoms with E-state index in [2.05, 4.69) is 21.8 Å². The second-order valence-corrected chi connectivity index (χ2v) is 3.67. The van der Waals surface area contributed by atoms with E-state index < -0.39 is 0 Å². The highest BCUT2D eigenvalue weighted by Crippen LogP contribution is 2.15.